The predicted octanol–water partition coefficient (Wildman–Crippen LogP) is 9.19. The fourth-order valence-corrected chi connectivity index (χ4v) is 5.27. The molecule has 1 aliphatic rings. The predicted molar refractivity (Wildman–Crippen MR) is 132 cm³/mol. The maximum absolute atomic E-state index is 15.3. The SMILES string of the molecule is C/C=C/C1CCC(CCc2ccc(-c3ccc4cc(CCC)c(F)c(F)c4c3F)cc2)CC1. The van der Waals surface area contributed by atoms with E-state index < -0.39 is 17.5 Å². The Bertz CT molecular complexity index is 1120. The summed E-state index contributed by atoms with van der Waals surface area (Å²) in [5, 5.41) is 0.141. The van der Waals surface area contributed by atoms with Crippen LogP contribution in [0, 0.1) is 29.3 Å². The van der Waals surface area contributed by atoms with E-state index >= 15 is 4.39 Å². The number of hydrogen-bond acceptors (Lipinski definition) is 0. The number of fused-ring (bicyclic) bond motifs is 1. The molecule has 0 aliphatic heterocycles. The van der Waals surface area contributed by atoms with E-state index in [4.69, 9.17) is 0 Å². The number of aryl methyl sites for hydroxylation is 2. The van der Waals surface area contributed by atoms with Gasteiger partial charge in [-0.15, -0.1) is 0 Å². The summed E-state index contributed by atoms with van der Waals surface area (Å²) in [6.45, 7) is 4.00. The Hall–Kier alpha value is -2.55. The first-order valence-electron chi connectivity index (χ1n) is 12.3. The van der Waals surface area contributed by atoms with Crippen molar-refractivity contribution in [2.45, 2.75) is 65.2 Å². The van der Waals surface area contributed by atoms with Crippen molar-refractivity contribution < 1.29 is 13.2 Å². The first kappa shape index (κ1) is 23.6. The average Bonchev–Trinajstić information content (AvgIpc) is 2.83. The van der Waals surface area contributed by atoms with Crippen molar-refractivity contribution in [2.24, 2.45) is 11.8 Å². The molecule has 3 aromatic rings. The third-order valence-corrected chi connectivity index (χ3v) is 7.18. The van der Waals surface area contributed by atoms with Gasteiger partial charge in [0.2, 0.25) is 0 Å². The normalized spacial score (nSPS) is 18.9. The van der Waals surface area contributed by atoms with E-state index in [-0.39, 0.29) is 5.39 Å². The Balaban J connectivity index is 1.48. The van der Waals surface area contributed by atoms with E-state index in [1.165, 1.54) is 37.7 Å². The fourth-order valence-electron chi connectivity index (χ4n) is 5.27. The summed E-state index contributed by atoms with van der Waals surface area (Å²) in [6.07, 6.45) is 13.0. The number of allylic oxidation sites excluding steroid dienone is 2. The van der Waals surface area contributed by atoms with Gasteiger partial charge < -0.3 is 0 Å². The highest BCUT2D eigenvalue weighted by Gasteiger charge is 2.20. The highest BCUT2D eigenvalue weighted by Crippen LogP contribution is 2.34. The molecule has 0 unspecified atom stereocenters. The number of hydrogen-bond donors (Lipinski definition) is 0. The van der Waals surface area contributed by atoms with Crippen molar-refractivity contribution in [3.63, 3.8) is 0 Å². The van der Waals surface area contributed by atoms with Gasteiger partial charge in [0.05, 0.1) is 5.39 Å². The minimum Gasteiger partial charge on any atom is -0.206 e. The maximum Gasteiger partial charge on any atom is 0.169 e. The van der Waals surface area contributed by atoms with E-state index in [1.54, 1.807) is 18.2 Å². The van der Waals surface area contributed by atoms with Crippen LogP contribution in [0.25, 0.3) is 21.9 Å². The zero-order chi connectivity index (χ0) is 23.4. The molecule has 0 atom stereocenters. The molecule has 4 rings (SSSR count). The van der Waals surface area contributed by atoms with Crippen LogP contribution in [0.2, 0.25) is 0 Å². The molecule has 0 N–H and O–H groups in total. The molecule has 0 nitrogen and oxygen atoms in total. The zero-order valence-electron chi connectivity index (χ0n) is 19.6. The molecule has 0 amide bonds. The minimum atomic E-state index is -1.09. The molecular formula is C30H33F3. The van der Waals surface area contributed by atoms with Crippen LogP contribution in [-0.2, 0) is 12.8 Å². The number of halogens is 3. The second-order valence-corrected chi connectivity index (χ2v) is 9.48. The lowest BCUT2D eigenvalue weighted by molar-refractivity contribution is 0.296. The van der Waals surface area contributed by atoms with Crippen LogP contribution < -0.4 is 0 Å². The van der Waals surface area contributed by atoms with Crippen LogP contribution in [0.4, 0.5) is 13.2 Å². The van der Waals surface area contributed by atoms with E-state index in [1.807, 2.05) is 31.2 Å². The van der Waals surface area contributed by atoms with Gasteiger partial charge >= 0.3 is 0 Å². The molecular weight excluding hydrogens is 417 g/mol. The van der Waals surface area contributed by atoms with Crippen LogP contribution in [0.5, 0.6) is 0 Å². The summed E-state index contributed by atoms with van der Waals surface area (Å²) in [5.74, 6) is -1.19. The lowest BCUT2D eigenvalue weighted by atomic mass is 9.79. The Morgan fingerprint density at radius 1 is 0.848 bits per heavy atom. The van der Waals surface area contributed by atoms with Gasteiger partial charge in [-0.25, -0.2) is 13.2 Å². The van der Waals surface area contributed by atoms with Gasteiger partial charge in [0.15, 0.2) is 11.6 Å². The summed E-state index contributed by atoms with van der Waals surface area (Å²) in [7, 11) is 0. The van der Waals surface area contributed by atoms with Gasteiger partial charge in [0.1, 0.15) is 5.82 Å². The molecule has 1 saturated carbocycles. The van der Waals surface area contributed by atoms with Crippen molar-refractivity contribution in [3.8, 4) is 11.1 Å². The molecule has 0 radical (unpaired) electrons. The minimum absolute atomic E-state index is 0.262. The second kappa shape index (κ2) is 10.6. The Labute approximate surface area is 195 Å². The highest BCUT2D eigenvalue weighted by molar-refractivity contribution is 5.89. The standard InChI is InChI=1S/C30H33F3/c1-3-5-20-7-9-21(10-8-20)11-12-22-13-15-23(16-14-22)26-18-17-24-19-25(6-4-2)28(31)30(33)27(24)29(26)32/h3,5,13-21H,4,6-12H2,1-2H3/b5-3+. The molecule has 1 fully saturated rings. The first-order valence-corrected chi connectivity index (χ1v) is 12.3. The van der Waals surface area contributed by atoms with E-state index in [2.05, 4.69) is 19.1 Å². The van der Waals surface area contributed by atoms with Crippen LogP contribution in [0.15, 0.2) is 54.6 Å². The molecule has 1 aliphatic carbocycles. The molecule has 0 heterocycles. The van der Waals surface area contributed by atoms with Crippen LogP contribution >= 0.6 is 0 Å². The average molecular weight is 451 g/mol. The molecule has 0 bridgehead atoms. The van der Waals surface area contributed by atoms with Crippen LogP contribution in [-0.4, -0.2) is 0 Å². The molecule has 174 valence electrons. The van der Waals surface area contributed by atoms with Gasteiger partial charge in [-0.05, 0) is 91.8 Å². The van der Waals surface area contributed by atoms with Gasteiger partial charge in [0, 0.05) is 5.56 Å². The molecule has 0 aromatic heterocycles. The van der Waals surface area contributed by atoms with Gasteiger partial charge in [-0.1, -0.05) is 61.9 Å². The quantitative estimate of drug-likeness (QED) is 0.315. The van der Waals surface area contributed by atoms with Gasteiger partial charge in [-0.2, -0.15) is 0 Å². The fraction of sp³-hybridized carbons (Fsp3) is 0.400. The smallest absolute Gasteiger partial charge is 0.169 e. The van der Waals surface area contributed by atoms with Crippen molar-refractivity contribution in [3.05, 3.63) is 83.2 Å². The van der Waals surface area contributed by atoms with Crippen LogP contribution in [0.3, 0.4) is 0 Å². The molecule has 0 saturated heterocycles. The van der Waals surface area contributed by atoms with Gasteiger partial charge in [0.25, 0.3) is 0 Å². The summed E-state index contributed by atoms with van der Waals surface area (Å²) in [6, 6.07) is 12.8. The van der Waals surface area contributed by atoms with E-state index in [0.717, 1.165) is 18.3 Å². The highest BCUT2D eigenvalue weighted by atomic mass is 19.2. The Morgan fingerprint density at radius 2 is 1.58 bits per heavy atom. The van der Waals surface area contributed by atoms with Gasteiger partial charge in [-0.3, -0.25) is 0 Å². The maximum atomic E-state index is 15.3. The van der Waals surface area contributed by atoms with Crippen LogP contribution in [0.1, 0.15) is 63.5 Å². The monoisotopic (exact) mass is 450 g/mol. The molecule has 3 aromatic carbocycles. The lowest BCUT2D eigenvalue weighted by Crippen LogP contribution is -2.13. The third kappa shape index (κ3) is 5.18. The van der Waals surface area contributed by atoms with E-state index in [9.17, 15) is 8.78 Å². The first-order chi connectivity index (χ1) is 16.0. The number of rotatable bonds is 7. The summed E-state index contributed by atoms with van der Waals surface area (Å²) in [5.41, 5.74) is 2.52. The molecule has 3 heteroatoms. The summed E-state index contributed by atoms with van der Waals surface area (Å²) in [4.78, 5) is 0. The Kier molecular flexibility index (Phi) is 7.57. The number of benzene rings is 3. The van der Waals surface area contributed by atoms with Crippen molar-refractivity contribution >= 4 is 10.8 Å². The largest absolute Gasteiger partial charge is 0.206 e. The van der Waals surface area contributed by atoms with E-state index in [0.29, 0.717) is 34.9 Å². The van der Waals surface area contributed by atoms with Crippen molar-refractivity contribution in [1.29, 1.82) is 0 Å². The lowest BCUT2D eigenvalue weighted by Gasteiger charge is -2.26. The molecule has 0 spiro atoms. The summed E-state index contributed by atoms with van der Waals surface area (Å²) < 4.78 is 44.4. The summed E-state index contributed by atoms with van der Waals surface area (Å²) >= 11 is 0. The topological polar surface area (TPSA) is 0 Å². The second-order valence-electron chi connectivity index (χ2n) is 9.48. The molecule has 33 heavy (non-hydrogen) atoms. The zero-order valence-corrected chi connectivity index (χ0v) is 19.6. The van der Waals surface area contributed by atoms with Crippen molar-refractivity contribution in [2.75, 3.05) is 0 Å². The Morgan fingerprint density at radius 3 is 2.24 bits per heavy atom. The van der Waals surface area contributed by atoms with Crippen molar-refractivity contribution in [1.82, 2.24) is 0 Å². The third-order valence-electron chi connectivity index (χ3n) is 7.18.